The highest BCUT2D eigenvalue weighted by atomic mass is 35.5. The number of carbonyl (C=O) groups is 1. The molecule has 1 aromatic carbocycles. The van der Waals surface area contributed by atoms with E-state index in [4.69, 9.17) is 16.3 Å². The zero-order valence-electron chi connectivity index (χ0n) is 17.6. The molecule has 1 atom stereocenters. The molecule has 7 nitrogen and oxygen atoms in total. The highest BCUT2D eigenvalue weighted by molar-refractivity contribution is 6.30. The van der Waals surface area contributed by atoms with Crippen molar-refractivity contribution < 1.29 is 9.53 Å². The van der Waals surface area contributed by atoms with Crippen molar-refractivity contribution in [3.63, 3.8) is 0 Å². The van der Waals surface area contributed by atoms with E-state index in [9.17, 15) is 4.79 Å². The number of nitrogens with one attached hydrogen (secondary N) is 2. The topological polar surface area (TPSA) is 69.2 Å². The molecule has 1 aliphatic heterocycles. The Morgan fingerprint density at radius 2 is 1.97 bits per heavy atom. The molecule has 0 radical (unpaired) electrons. The van der Waals surface area contributed by atoms with E-state index in [-0.39, 0.29) is 18.5 Å². The molecule has 1 saturated carbocycles. The van der Waals surface area contributed by atoms with Gasteiger partial charge in [0.1, 0.15) is 12.3 Å². The maximum Gasteiger partial charge on any atom is 0.243 e. The summed E-state index contributed by atoms with van der Waals surface area (Å²) in [6.45, 7) is 1.87. The quantitative estimate of drug-likeness (QED) is 0.545. The Balaban J connectivity index is 1.65. The van der Waals surface area contributed by atoms with Crippen molar-refractivity contribution in [2.24, 2.45) is 4.99 Å². The van der Waals surface area contributed by atoms with Crippen LogP contribution >= 0.6 is 11.6 Å². The van der Waals surface area contributed by atoms with E-state index in [2.05, 4.69) is 20.5 Å². The first-order valence-corrected chi connectivity index (χ1v) is 10.7. The molecule has 2 fully saturated rings. The molecule has 1 aliphatic carbocycles. The third kappa shape index (κ3) is 5.92. The van der Waals surface area contributed by atoms with Gasteiger partial charge in [-0.2, -0.15) is 0 Å². The molecule has 1 heterocycles. The zero-order valence-corrected chi connectivity index (χ0v) is 18.3. The molecule has 1 saturated heterocycles. The maximum absolute atomic E-state index is 12.0. The van der Waals surface area contributed by atoms with Gasteiger partial charge in [-0.3, -0.25) is 4.79 Å². The van der Waals surface area contributed by atoms with Crippen molar-refractivity contribution in [2.75, 3.05) is 45.7 Å². The van der Waals surface area contributed by atoms with Gasteiger partial charge in [-0.25, -0.2) is 4.99 Å². The predicted octanol–water partition coefficient (Wildman–Crippen LogP) is 2.49. The van der Waals surface area contributed by atoms with Crippen LogP contribution in [0.1, 0.15) is 32.1 Å². The fraction of sp³-hybridized carbons (Fsp3) is 0.619. The first-order valence-electron chi connectivity index (χ1n) is 10.3. The second-order valence-electron chi connectivity index (χ2n) is 7.97. The summed E-state index contributed by atoms with van der Waals surface area (Å²) in [7, 11) is 5.18. The molecule has 0 bridgehead atoms. The van der Waals surface area contributed by atoms with E-state index in [1.54, 1.807) is 26.1 Å². The number of amides is 1. The molecule has 2 N–H and O–H groups in total. The van der Waals surface area contributed by atoms with E-state index in [1.165, 1.54) is 12.8 Å². The smallest absolute Gasteiger partial charge is 0.243 e. The van der Waals surface area contributed by atoms with Gasteiger partial charge in [-0.1, -0.05) is 24.4 Å². The Hall–Kier alpha value is -2.15. The van der Waals surface area contributed by atoms with Crippen LogP contribution in [0.15, 0.2) is 23.2 Å². The summed E-state index contributed by atoms with van der Waals surface area (Å²) in [6, 6.07) is 6.36. The number of hydrogen-bond acceptors (Lipinski definition) is 4. The van der Waals surface area contributed by atoms with Crippen LogP contribution in [-0.2, 0) is 4.79 Å². The number of anilines is 1. The Morgan fingerprint density at radius 3 is 2.66 bits per heavy atom. The lowest BCUT2D eigenvalue weighted by molar-refractivity contribution is -0.127. The molecule has 3 rings (SSSR count). The van der Waals surface area contributed by atoms with Crippen LogP contribution in [-0.4, -0.2) is 69.7 Å². The number of carbonyl (C=O) groups excluding carboxylic acids is 1. The number of rotatable bonds is 6. The Morgan fingerprint density at radius 1 is 1.24 bits per heavy atom. The number of guanidine groups is 1. The van der Waals surface area contributed by atoms with Gasteiger partial charge < -0.3 is 25.2 Å². The van der Waals surface area contributed by atoms with Crippen molar-refractivity contribution in [3.8, 4) is 5.75 Å². The van der Waals surface area contributed by atoms with Gasteiger partial charge in [0.25, 0.3) is 0 Å². The minimum absolute atomic E-state index is 0.00534. The van der Waals surface area contributed by atoms with E-state index in [0.29, 0.717) is 11.1 Å². The first-order chi connectivity index (χ1) is 14.0. The molecule has 0 aromatic heterocycles. The molecule has 2 aliphatic rings. The van der Waals surface area contributed by atoms with Crippen LogP contribution in [0, 0.1) is 0 Å². The largest absolute Gasteiger partial charge is 0.495 e. The summed E-state index contributed by atoms with van der Waals surface area (Å²) in [5, 5.41) is 7.77. The van der Waals surface area contributed by atoms with Gasteiger partial charge in [-0.05, 0) is 37.5 Å². The lowest BCUT2D eigenvalue weighted by Gasteiger charge is -2.23. The number of hydrogen-bond donors (Lipinski definition) is 2. The van der Waals surface area contributed by atoms with Gasteiger partial charge in [0.15, 0.2) is 5.96 Å². The fourth-order valence-electron chi connectivity index (χ4n) is 3.89. The Labute approximate surface area is 178 Å². The number of benzene rings is 1. The highest BCUT2D eigenvalue weighted by Gasteiger charge is 2.26. The molecular formula is C21H32ClN5O2. The maximum atomic E-state index is 12.0. The molecule has 0 spiro atoms. The normalized spacial score (nSPS) is 20.1. The average Bonchev–Trinajstić information content (AvgIpc) is 3.37. The van der Waals surface area contributed by atoms with Gasteiger partial charge in [0.05, 0.1) is 12.8 Å². The summed E-state index contributed by atoms with van der Waals surface area (Å²) in [5.74, 6) is 1.55. The number of halogens is 1. The highest BCUT2D eigenvalue weighted by Crippen LogP contribution is 2.33. The van der Waals surface area contributed by atoms with Crippen molar-refractivity contribution in [3.05, 3.63) is 23.2 Å². The lowest BCUT2D eigenvalue weighted by Crippen LogP contribution is -2.48. The second-order valence-corrected chi connectivity index (χ2v) is 8.41. The lowest BCUT2D eigenvalue weighted by atomic mass is 10.2. The van der Waals surface area contributed by atoms with Gasteiger partial charge in [-0.15, -0.1) is 0 Å². The Bertz CT molecular complexity index is 734. The summed E-state index contributed by atoms with van der Waals surface area (Å²) < 4.78 is 5.51. The van der Waals surface area contributed by atoms with Crippen molar-refractivity contribution >= 4 is 29.2 Å². The minimum atomic E-state index is -0.00534. The summed E-state index contributed by atoms with van der Waals surface area (Å²) in [6.07, 6.45) is 5.76. The molecule has 1 unspecified atom stereocenters. The second kappa shape index (κ2) is 10.1. The van der Waals surface area contributed by atoms with Gasteiger partial charge >= 0.3 is 0 Å². The molecular weight excluding hydrogens is 390 g/mol. The van der Waals surface area contributed by atoms with Gasteiger partial charge in [0.2, 0.25) is 5.91 Å². The van der Waals surface area contributed by atoms with Crippen LogP contribution in [0.2, 0.25) is 5.02 Å². The van der Waals surface area contributed by atoms with E-state index >= 15 is 0 Å². The van der Waals surface area contributed by atoms with Gasteiger partial charge in [0, 0.05) is 44.3 Å². The minimum Gasteiger partial charge on any atom is -0.495 e. The fourth-order valence-corrected chi connectivity index (χ4v) is 4.05. The van der Waals surface area contributed by atoms with Crippen molar-refractivity contribution in [1.82, 2.24) is 15.5 Å². The van der Waals surface area contributed by atoms with E-state index in [1.807, 2.05) is 18.2 Å². The van der Waals surface area contributed by atoms with E-state index in [0.717, 1.165) is 49.7 Å². The standard InChI is InChI=1S/C21H32ClN5O2/c1-26(2)20(28)13-23-21(24-16-6-4-5-7-16)25-17-10-11-27(14-17)18-12-15(22)8-9-19(18)29-3/h8-9,12,16-17H,4-7,10-11,13-14H2,1-3H3,(H2,23,24,25). The monoisotopic (exact) mass is 421 g/mol. The average molecular weight is 422 g/mol. The summed E-state index contributed by atoms with van der Waals surface area (Å²) in [5.41, 5.74) is 1.01. The third-order valence-corrected chi connectivity index (χ3v) is 5.81. The summed E-state index contributed by atoms with van der Waals surface area (Å²) in [4.78, 5) is 20.4. The Kier molecular flexibility index (Phi) is 7.47. The van der Waals surface area contributed by atoms with E-state index < -0.39 is 0 Å². The van der Waals surface area contributed by atoms with Crippen LogP contribution in [0.25, 0.3) is 0 Å². The number of likely N-dealkylation sites (N-methyl/N-ethyl adjacent to an activating group) is 1. The van der Waals surface area contributed by atoms with Crippen LogP contribution in [0.4, 0.5) is 5.69 Å². The van der Waals surface area contributed by atoms with Crippen LogP contribution < -0.4 is 20.3 Å². The molecule has 1 aromatic rings. The zero-order chi connectivity index (χ0) is 20.8. The number of ether oxygens (including phenoxy) is 1. The van der Waals surface area contributed by atoms with Crippen molar-refractivity contribution in [1.29, 1.82) is 0 Å². The van der Waals surface area contributed by atoms with Crippen LogP contribution in [0.5, 0.6) is 5.75 Å². The number of aliphatic imine (C=N–C) groups is 1. The predicted molar refractivity (Wildman–Crippen MR) is 118 cm³/mol. The number of methoxy groups -OCH3 is 1. The summed E-state index contributed by atoms with van der Waals surface area (Å²) >= 11 is 6.20. The SMILES string of the molecule is COc1ccc(Cl)cc1N1CCC(NC(=NCC(=O)N(C)C)NC2CCCC2)C1. The van der Waals surface area contributed by atoms with Crippen molar-refractivity contribution in [2.45, 2.75) is 44.2 Å². The molecule has 1 amide bonds. The molecule has 8 heteroatoms. The molecule has 160 valence electrons. The molecule has 29 heavy (non-hydrogen) atoms. The van der Waals surface area contributed by atoms with Crippen LogP contribution in [0.3, 0.4) is 0 Å². The number of nitrogens with zero attached hydrogens (tertiary/aromatic N) is 3. The first kappa shape index (κ1) is 21.6. The third-order valence-electron chi connectivity index (χ3n) is 5.58.